The molecule has 2 rings (SSSR count). The van der Waals surface area contributed by atoms with Crippen molar-refractivity contribution in [1.29, 1.82) is 0 Å². The van der Waals surface area contributed by atoms with E-state index < -0.39 is 9.84 Å². The molecule has 0 aliphatic carbocycles. The summed E-state index contributed by atoms with van der Waals surface area (Å²) in [6.45, 7) is 3.18. The van der Waals surface area contributed by atoms with Gasteiger partial charge in [-0.25, -0.2) is 8.42 Å². The third-order valence-electron chi connectivity index (χ3n) is 3.28. The molecule has 0 aromatic heterocycles. The van der Waals surface area contributed by atoms with Crippen molar-refractivity contribution in [3.05, 3.63) is 30.3 Å². The normalized spacial score (nSPS) is 16.2. The van der Waals surface area contributed by atoms with Gasteiger partial charge in [0.2, 0.25) is 0 Å². The van der Waals surface area contributed by atoms with Gasteiger partial charge in [0, 0.05) is 19.6 Å². The minimum absolute atomic E-state index is 0. The standard InChI is InChI=1S/C14H21N3O3S.HI/c15-14(17-8-10-20-11-9-17)16-7-4-12-21(18,19)13-5-2-1-3-6-13;/h1-3,5-6H,4,7-12H2,(H2,15,16);1H. The number of nitrogens with zero attached hydrogens (tertiary/aromatic N) is 2. The van der Waals surface area contributed by atoms with Crippen molar-refractivity contribution >= 4 is 39.8 Å². The zero-order valence-corrected chi connectivity index (χ0v) is 15.5. The molecule has 0 radical (unpaired) electrons. The van der Waals surface area contributed by atoms with Crippen molar-refractivity contribution < 1.29 is 13.2 Å². The largest absolute Gasteiger partial charge is 0.378 e. The molecule has 1 aromatic rings. The van der Waals surface area contributed by atoms with Crippen LogP contribution >= 0.6 is 24.0 Å². The van der Waals surface area contributed by atoms with Crippen LogP contribution in [0.15, 0.2) is 40.2 Å². The van der Waals surface area contributed by atoms with Gasteiger partial charge in [-0.3, -0.25) is 4.99 Å². The van der Waals surface area contributed by atoms with Crippen molar-refractivity contribution in [2.24, 2.45) is 10.7 Å². The fourth-order valence-corrected chi connectivity index (χ4v) is 3.40. The average molecular weight is 439 g/mol. The zero-order valence-electron chi connectivity index (χ0n) is 12.3. The summed E-state index contributed by atoms with van der Waals surface area (Å²) in [7, 11) is -3.23. The Balaban J connectivity index is 0.00000242. The SMILES string of the molecule is I.NC(=NCCCS(=O)(=O)c1ccccc1)N1CCOCC1. The Morgan fingerprint density at radius 1 is 1.23 bits per heavy atom. The highest BCUT2D eigenvalue weighted by Crippen LogP contribution is 2.11. The lowest BCUT2D eigenvalue weighted by atomic mass is 10.4. The summed E-state index contributed by atoms with van der Waals surface area (Å²) < 4.78 is 29.4. The van der Waals surface area contributed by atoms with Crippen molar-refractivity contribution in [3.8, 4) is 0 Å². The van der Waals surface area contributed by atoms with Gasteiger partial charge in [0.15, 0.2) is 15.8 Å². The van der Waals surface area contributed by atoms with E-state index in [1.165, 1.54) is 0 Å². The molecule has 1 aliphatic heterocycles. The van der Waals surface area contributed by atoms with Crippen LogP contribution < -0.4 is 5.73 Å². The van der Waals surface area contributed by atoms with Crippen LogP contribution in [0.2, 0.25) is 0 Å². The molecular weight excluding hydrogens is 417 g/mol. The number of nitrogens with two attached hydrogens (primary N) is 1. The number of guanidine groups is 1. The second-order valence-electron chi connectivity index (χ2n) is 4.82. The fourth-order valence-electron chi connectivity index (χ4n) is 2.09. The monoisotopic (exact) mass is 439 g/mol. The lowest BCUT2D eigenvalue weighted by molar-refractivity contribution is 0.0674. The van der Waals surface area contributed by atoms with Gasteiger partial charge < -0.3 is 15.4 Å². The maximum Gasteiger partial charge on any atom is 0.191 e. The molecule has 0 atom stereocenters. The number of aliphatic imine (C=N–C) groups is 1. The molecule has 1 fully saturated rings. The van der Waals surface area contributed by atoms with Gasteiger partial charge in [-0.1, -0.05) is 18.2 Å². The summed E-state index contributed by atoms with van der Waals surface area (Å²) in [6.07, 6.45) is 0.461. The van der Waals surface area contributed by atoms with Gasteiger partial charge in [-0.05, 0) is 18.6 Å². The summed E-state index contributed by atoms with van der Waals surface area (Å²) in [4.78, 5) is 6.56. The summed E-state index contributed by atoms with van der Waals surface area (Å²) in [6, 6.07) is 8.47. The predicted molar refractivity (Wildman–Crippen MR) is 97.4 cm³/mol. The molecule has 8 heteroatoms. The van der Waals surface area contributed by atoms with Crippen LogP contribution in [0.3, 0.4) is 0 Å². The molecule has 22 heavy (non-hydrogen) atoms. The second-order valence-corrected chi connectivity index (χ2v) is 6.93. The Morgan fingerprint density at radius 3 is 2.50 bits per heavy atom. The predicted octanol–water partition coefficient (Wildman–Crippen LogP) is 1.12. The van der Waals surface area contributed by atoms with E-state index in [1.54, 1.807) is 30.3 Å². The molecule has 1 aromatic carbocycles. The molecule has 6 nitrogen and oxygen atoms in total. The van der Waals surface area contributed by atoms with Gasteiger partial charge in [-0.15, -0.1) is 24.0 Å². The van der Waals surface area contributed by atoms with Crippen molar-refractivity contribution in [2.45, 2.75) is 11.3 Å². The quantitative estimate of drug-likeness (QED) is 0.322. The highest BCUT2D eigenvalue weighted by Gasteiger charge is 2.14. The molecule has 1 aliphatic rings. The Labute approximate surface area is 148 Å². The number of ether oxygens (including phenoxy) is 1. The van der Waals surface area contributed by atoms with Gasteiger partial charge in [0.05, 0.1) is 23.9 Å². The van der Waals surface area contributed by atoms with Crippen LogP contribution in [0, 0.1) is 0 Å². The number of morpholine rings is 1. The van der Waals surface area contributed by atoms with E-state index in [1.807, 2.05) is 4.90 Å². The molecule has 2 N–H and O–H groups in total. The van der Waals surface area contributed by atoms with Crippen LogP contribution in [0.4, 0.5) is 0 Å². The van der Waals surface area contributed by atoms with Crippen molar-refractivity contribution in [1.82, 2.24) is 4.90 Å². The third-order valence-corrected chi connectivity index (χ3v) is 5.10. The Bertz CT molecular complexity index is 572. The summed E-state index contributed by atoms with van der Waals surface area (Å²) in [5, 5.41) is 0. The Hall–Kier alpha value is -0.870. The molecular formula is C14H22IN3O3S. The summed E-state index contributed by atoms with van der Waals surface area (Å²) in [5.41, 5.74) is 5.88. The lowest BCUT2D eigenvalue weighted by Gasteiger charge is -2.27. The Morgan fingerprint density at radius 2 is 1.86 bits per heavy atom. The van der Waals surface area contributed by atoms with Gasteiger partial charge >= 0.3 is 0 Å². The fraction of sp³-hybridized carbons (Fsp3) is 0.500. The highest BCUT2D eigenvalue weighted by atomic mass is 127. The molecule has 0 amide bonds. The minimum Gasteiger partial charge on any atom is -0.378 e. The molecule has 1 saturated heterocycles. The first-order chi connectivity index (χ1) is 10.1. The Kier molecular flexibility index (Phi) is 8.12. The number of sulfone groups is 1. The van der Waals surface area contributed by atoms with E-state index in [4.69, 9.17) is 10.5 Å². The topological polar surface area (TPSA) is 85.0 Å². The van der Waals surface area contributed by atoms with E-state index in [9.17, 15) is 8.42 Å². The molecule has 0 spiro atoms. The van der Waals surface area contributed by atoms with Gasteiger partial charge in [-0.2, -0.15) is 0 Å². The number of hydrogen-bond acceptors (Lipinski definition) is 4. The first-order valence-corrected chi connectivity index (χ1v) is 8.65. The molecule has 124 valence electrons. The first-order valence-electron chi connectivity index (χ1n) is 7.00. The number of halogens is 1. The maximum absolute atomic E-state index is 12.1. The maximum atomic E-state index is 12.1. The van der Waals surface area contributed by atoms with E-state index in [0.29, 0.717) is 37.0 Å². The van der Waals surface area contributed by atoms with Crippen molar-refractivity contribution in [3.63, 3.8) is 0 Å². The number of hydrogen-bond donors (Lipinski definition) is 1. The minimum atomic E-state index is -3.23. The first kappa shape index (κ1) is 19.2. The van der Waals surface area contributed by atoms with Crippen molar-refractivity contribution in [2.75, 3.05) is 38.6 Å². The third kappa shape index (κ3) is 5.73. The lowest BCUT2D eigenvalue weighted by Crippen LogP contribution is -2.44. The average Bonchev–Trinajstić information content (AvgIpc) is 2.53. The number of rotatable bonds is 5. The summed E-state index contributed by atoms with van der Waals surface area (Å²) in [5.74, 6) is 0.548. The van der Waals surface area contributed by atoms with Crippen LogP contribution in [-0.4, -0.2) is 57.9 Å². The van der Waals surface area contributed by atoms with Crippen LogP contribution in [0.1, 0.15) is 6.42 Å². The highest BCUT2D eigenvalue weighted by molar-refractivity contribution is 14.0. The van der Waals surface area contributed by atoms with Gasteiger partial charge in [0.25, 0.3) is 0 Å². The zero-order chi connectivity index (χ0) is 15.1. The molecule has 0 unspecified atom stereocenters. The number of benzene rings is 1. The smallest absolute Gasteiger partial charge is 0.191 e. The molecule has 0 saturated carbocycles. The van der Waals surface area contributed by atoms with E-state index in [2.05, 4.69) is 4.99 Å². The summed E-state index contributed by atoms with van der Waals surface area (Å²) >= 11 is 0. The second kappa shape index (κ2) is 9.31. The van der Waals surface area contributed by atoms with E-state index in [0.717, 1.165) is 13.1 Å². The van der Waals surface area contributed by atoms with Gasteiger partial charge in [0.1, 0.15) is 0 Å². The molecule has 0 bridgehead atoms. The van der Waals surface area contributed by atoms with E-state index in [-0.39, 0.29) is 29.7 Å². The van der Waals surface area contributed by atoms with Crippen LogP contribution in [0.5, 0.6) is 0 Å². The van der Waals surface area contributed by atoms with Crippen LogP contribution in [-0.2, 0) is 14.6 Å². The molecule has 1 heterocycles. The van der Waals surface area contributed by atoms with E-state index >= 15 is 0 Å². The van der Waals surface area contributed by atoms with Crippen LogP contribution in [0.25, 0.3) is 0 Å².